The van der Waals surface area contributed by atoms with E-state index in [1.165, 1.54) is 17.3 Å². The second-order valence-electron chi connectivity index (χ2n) is 6.95. The van der Waals surface area contributed by atoms with Gasteiger partial charge < -0.3 is 14.8 Å². The highest BCUT2D eigenvalue weighted by molar-refractivity contribution is 7.99. The Balaban J connectivity index is 1.52. The molecule has 32 heavy (non-hydrogen) atoms. The number of thioether (sulfide) groups is 1. The topological polar surface area (TPSA) is 83.2 Å². The lowest BCUT2D eigenvalue weighted by molar-refractivity contribution is -0.113. The van der Waals surface area contributed by atoms with Gasteiger partial charge in [0.1, 0.15) is 0 Å². The second-order valence-corrected chi connectivity index (χ2v) is 7.90. The standard InChI is InChI=1S/C23H23N5O3S/c1-16-6-8-17(9-7-16)22-25-26-23(28(22)27-12-4-5-13-27)32-15-21(29)24-18-10-11-19(30-2)20(14-18)31-3/h4-14H,15H2,1-3H3,(H,24,29). The molecule has 0 radical (unpaired) electrons. The summed E-state index contributed by atoms with van der Waals surface area (Å²) in [4.78, 5) is 12.6. The Kier molecular flexibility index (Phi) is 6.46. The summed E-state index contributed by atoms with van der Waals surface area (Å²) in [5.41, 5.74) is 2.74. The number of rotatable bonds is 8. The number of carbonyl (C=O) groups excluding carboxylic acids is 1. The molecule has 0 bridgehead atoms. The molecule has 0 spiro atoms. The van der Waals surface area contributed by atoms with Crippen molar-refractivity contribution in [3.8, 4) is 22.9 Å². The maximum absolute atomic E-state index is 12.6. The lowest BCUT2D eigenvalue weighted by atomic mass is 10.1. The number of hydrogen-bond donors (Lipinski definition) is 1. The lowest BCUT2D eigenvalue weighted by Gasteiger charge is -2.12. The van der Waals surface area contributed by atoms with Crippen LogP contribution in [0.2, 0.25) is 0 Å². The predicted molar refractivity (Wildman–Crippen MR) is 124 cm³/mol. The zero-order valence-corrected chi connectivity index (χ0v) is 18.8. The van der Waals surface area contributed by atoms with Crippen molar-refractivity contribution in [2.24, 2.45) is 0 Å². The highest BCUT2D eigenvalue weighted by Gasteiger charge is 2.17. The van der Waals surface area contributed by atoms with Gasteiger partial charge in [0, 0.05) is 29.7 Å². The smallest absolute Gasteiger partial charge is 0.234 e. The fraction of sp³-hybridized carbons (Fsp3) is 0.174. The van der Waals surface area contributed by atoms with E-state index in [4.69, 9.17) is 9.47 Å². The number of anilines is 1. The Hall–Kier alpha value is -3.72. The first kappa shape index (κ1) is 21.5. The molecule has 0 fully saturated rings. The summed E-state index contributed by atoms with van der Waals surface area (Å²) in [7, 11) is 3.12. The van der Waals surface area contributed by atoms with Gasteiger partial charge in [-0.25, -0.2) is 4.68 Å². The Labute approximate surface area is 190 Å². The maximum atomic E-state index is 12.6. The summed E-state index contributed by atoms with van der Waals surface area (Å²) in [5, 5.41) is 12.2. The van der Waals surface area contributed by atoms with Crippen LogP contribution in [-0.4, -0.2) is 45.4 Å². The van der Waals surface area contributed by atoms with Crippen LogP contribution in [0.4, 0.5) is 5.69 Å². The van der Waals surface area contributed by atoms with Gasteiger partial charge in [-0.2, -0.15) is 0 Å². The van der Waals surface area contributed by atoms with Crippen molar-refractivity contribution >= 4 is 23.4 Å². The highest BCUT2D eigenvalue weighted by atomic mass is 32.2. The number of nitrogens with one attached hydrogen (secondary N) is 1. The van der Waals surface area contributed by atoms with E-state index in [2.05, 4.69) is 15.5 Å². The number of carbonyl (C=O) groups is 1. The number of aryl methyl sites for hydroxylation is 1. The number of amides is 1. The lowest BCUT2D eigenvalue weighted by Crippen LogP contribution is -2.16. The zero-order chi connectivity index (χ0) is 22.5. The molecule has 4 aromatic rings. The van der Waals surface area contributed by atoms with E-state index >= 15 is 0 Å². The van der Waals surface area contributed by atoms with Gasteiger partial charge >= 0.3 is 0 Å². The van der Waals surface area contributed by atoms with Crippen molar-refractivity contribution in [3.05, 3.63) is 72.6 Å². The van der Waals surface area contributed by atoms with Crippen LogP contribution in [0.3, 0.4) is 0 Å². The van der Waals surface area contributed by atoms with Gasteiger partial charge in [-0.05, 0) is 31.2 Å². The molecule has 164 valence electrons. The third kappa shape index (κ3) is 4.62. The monoisotopic (exact) mass is 449 g/mol. The van der Waals surface area contributed by atoms with Crippen LogP contribution >= 0.6 is 11.8 Å². The van der Waals surface area contributed by atoms with E-state index in [0.29, 0.717) is 28.2 Å². The number of benzene rings is 2. The number of ether oxygens (including phenoxy) is 2. The van der Waals surface area contributed by atoms with E-state index in [9.17, 15) is 4.79 Å². The molecule has 0 aliphatic heterocycles. The number of methoxy groups -OCH3 is 2. The number of aromatic nitrogens is 4. The Morgan fingerprint density at radius 3 is 2.41 bits per heavy atom. The molecule has 9 heteroatoms. The Morgan fingerprint density at radius 1 is 1.00 bits per heavy atom. The van der Waals surface area contributed by atoms with Gasteiger partial charge in [0.25, 0.3) is 0 Å². The molecule has 0 saturated heterocycles. The van der Waals surface area contributed by atoms with Crippen LogP contribution in [0.5, 0.6) is 11.5 Å². The van der Waals surface area contributed by atoms with E-state index in [1.807, 2.05) is 65.1 Å². The fourth-order valence-electron chi connectivity index (χ4n) is 3.15. The molecule has 0 atom stereocenters. The van der Waals surface area contributed by atoms with E-state index in [-0.39, 0.29) is 11.7 Å². The van der Waals surface area contributed by atoms with Crippen molar-refractivity contribution in [1.82, 2.24) is 19.5 Å². The first-order chi connectivity index (χ1) is 15.6. The third-order valence-electron chi connectivity index (χ3n) is 4.74. The highest BCUT2D eigenvalue weighted by Crippen LogP contribution is 2.30. The van der Waals surface area contributed by atoms with Gasteiger partial charge in [-0.1, -0.05) is 41.6 Å². The quantitative estimate of drug-likeness (QED) is 0.408. The van der Waals surface area contributed by atoms with Gasteiger partial charge in [0.2, 0.25) is 11.1 Å². The van der Waals surface area contributed by atoms with Crippen molar-refractivity contribution in [2.45, 2.75) is 12.1 Å². The summed E-state index contributed by atoms with van der Waals surface area (Å²) < 4.78 is 14.3. The average molecular weight is 450 g/mol. The van der Waals surface area contributed by atoms with Crippen LogP contribution in [0.25, 0.3) is 11.4 Å². The van der Waals surface area contributed by atoms with Gasteiger partial charge in [0.05, 0.1) is 20.0 Å². The van der Waals surface area contributed by atoms with Crippen molar-refractivity contribution in [2.75, 3.05) is 25.3 Å². The molecule has 0 saturated carbocycles. The van der Waals surface area contributed by atoms with Crippen LogP contribution in [-0.2, 0) is 4.79 Å². The van der Waals surface area contributed by atoms with Crippen LogP contribution in [0.15, 0.2) is 72.1 Å². The molecule has 0 aliphatic rings. The predicted octanol–water partition coefficient (Wildman–Crippen LogP) is 4.11. The minimum absolute atomic E-state index is 0.166. The minimum Gasteiger partial charge on any atom is -0.493 e. The van der Waals surface area contributed by atoms with Crippen LogP contribution in [0, 0.1) is 6.92 Å². The fourth-order valence-corrected chi connectivity index (χ4v) is 3.88. The summed E-state index contributed by atoms with van der Waals surface area (Å²) in [5.74, 6) is 1.85. The summed E-state index contributed by atoms with van der Waals surface area (Å²) in [6, 6.07) is 17.2. The minimum atomic E-state index is -0.166. The van der Waals surface area contributed by atoms with Crippen LogP contribution in [0.1, 0.15) is 5.56 Å². The molecule has 1 N–H and O–H groups in total. The van der Waals surface area contributed by atoms with Crippen molar-refractivity contribution in [1.29, 1.82) is 0 Å². The molecule has 1 amide bonds. The molecule has 8 nitrogen and oxygen atoms in total. The summed E-state index contributed by atoms with van der Waals surface area (Å²) >= 11 is 1.31. The van der Waals surface area contributed by atoms with E-state index < -0.39 is 0 Å². The first-order valence-electron chi connectivity index (χ1n) is 9.90. The van der Waals surface area contributed by atoms with Gasteiger partial charge in [0.15, 0.2) is 17.3 Å². The maximum Gasteiger partial charge on any atom is 0.234 e. The molecule has 4 rings (SSSR count). The van der Waals surface area contributed by atoms with Gasteiger partial charge in [-0.15, -0.1) is 10.2 Å². The summed E-state index contributed by atoms with van der Waals surface area (Å²) in [6.07, 6.45) is 3.82. The molecule has 2 aromatic heterocycles. The Morgan fingerprint density at radius 2 is 1.72 bits per heavy atom. The SMILES string of the molecule is COc1ccc(NC(=O)CSc2nnc(-c3ccc(C)cc3)n2-n2cccc2)cc1OC. The molecular formula is C23H23N5O3S. The van der Waals surface area contributed by atoms with Gasteiger partial charge in [-0.3, -0.25) is 9.47 Å². The zero-order valence-electron chi connectivity index (χ0n) is 18.0. The number of hydrogen-bond acceptors (Lipinski definition) is 6. The van der Waals surface area contributed by atoms with Crippen molar-refractivity contribution in [3.63, 3.8) is 0 Å². The molecule has 2 heterocycles. The number of nitrogens with zero attached hydrogens (tertiary/aromatic N) is 4. The van der Waals surface area contributed by atoms with E-state index in [0.717, 1.165) is 5.56 Å². The first-order valence-corrected chi connectivity index (χ1v) is 10.9. The molecule has 0 unspecified atom stereocenters. The Bertz CT molecular complexity index is 1200. The molecular weight excluding hydrogens is 426 g/mol. The second kappa shape index (κ2) is 9.61. The normalized spacial score (nSPS) is 10.7. The average Bonchev–Trinajstić information content (AvgIpc) is 3.48. The third-order valence-corrected chi connectivity index (χ3v) is 5.66. The largest absolute Gasteiger partial charge is 0.493 e. The van der Waals surface area contributed by atoms with Crippen molar-refractivity contribution < 1.29 is 14.3 Å². The molecule has 2 aromatic carbocycles. The van der Waals surface area contributed by atoms with E-state index in [1.54, 1.807) is 32.4 Å². The summed E-state index contributed by atoms with van der Waals surface area (Å²) in [6.45, 7) is 2.04. The molecule has 0 aliphatic carbocycles. The van der Waals surface area contributed by atoms with Crippen LogP contribution < -0.4 is 14.8 Å².